The zero-order chi connectivity index (χ0) is 17.4. The zero-order valence-electron chi connectivity index (χ0n) is 13.7. The molecule has 2 amide bonds. The first-order chi connectivity index (χ1) is 11.6. The predicted molar refractivity (Wildman–Crippen MR) is 91.6 cm³/mol. The molecule has 0 spiro atoms. The molecule has 0 aromatic heterocycles. The number of carbonyl (C=O) groups is 2. The first-order valence-corrected chi connectivity index (χ1v) is 7.49. The van der Waals surface area contributed by atoms with Gasteiger partial charge in [-0.15, -0.1) is 0 Å². The third-order valence-electron chi connectivity index (χ3n) is 3.36. The van der Waals surface area contributed by atoms with E-state index in [1.807, 2.05) is 0 Å². The first kappa shape index (κ1) is 17.3. The van der Waals surface area contributed by atoms with Crippen molar-refractivity contribution in [2.24, 2.45) is 0 Å². The third kappa shape index (κ3) is 4.74. The third-order valence-corrected chi connectivity index (χ3v) is 3.36. The molecule has 0 heterocycles. The maximum Gasteiger partial charge on any atom is 0.255 e. The Balaban J connectivity index is 1.80. The lowest BCUT2D eigenvalue weighted by Gasteiger charge is -2.09. The van der Waals surface area contributed by atoms with Crippen LogP contribution in [0, 0.1) is 0 Å². The molecule has 6 nitrogen and oxygen atoms in total. The van der Waals surface area contributed by atoms with Gasteiger partial charge in [0, 0.05) is 18.7 Å². The molecule has 6 heteroatoms. The second-order valence-corrected chi connectivity index (χ2v) is 4.98. The number of anilines is 1. The molecule has 24 heavy (non-hydrogen) atoms. The Kier molecular flexibility index (Phi) is 6.19. The van der Waals surface area contributed by atoms with Crippen LogP contribution >= 0.6 is 0 Å². The lowest BCUT2D eigenvalue weighted by molar-refractivity contribution is -0.116. The number of rotatable bonds is 7. The molecule has 0 aliphatic rings. The van der Waals surface area contributed by atoms with Crippen molar-refractivity contribution in [2.45, 2.75) is 6.42 Å². The summed E-state index contributed by atoms with van der Waals surface area (Å²) in [6.45, 7) is 0.235. The number of benzene rings is 2. The SMILES string of the molecule is COc1ccc(NC(=O)CCNC(=O)c2ccccc2OC)cc1. The van der Waals surface area contributed by atoms with Crippen molar-refractivity contribution < 1.29 is 19.1 Å². The molecule has 0 aliphatic heterocycles. The number of amides is 2. The fraction of sp³-hybridized carbons (Fsp3) is 0.222. The van der Waals surface area contributed by atoms with Crippen LogP contribution in [0.5, 0.6) is 11.5 Å². The van der Waals surface area contributed by atoms with Crippen molar-refractivity contribution in [3.05, 3.63) is 54.1 Å². The number of hydrogen-bond acceptors (Lipinski definition) is 4. The van der Waals surface area contributed by atoms with Crippen LogP contribution in [0.2, 0.25) is 0 Å². The maximum atomic E-state index is 12.1. The molecule has 2 aromatic carbocycles. The predicted octanol–water partition coefficient (Wildman–Crippen LogP) is 2.46. The van der Waals surface area contributed by atoms with Gasteiger partial charge in [0.25, 0.3) is 5.91 Å². The Morgan fingerprint density at radius 3 is 2.33 bits per heavy atom. The second-order valence-electron chi connectivity index (χ2n) is 4.98. The second kappa shape index (κ2) is 8.57. The highest BCUT2D eigenvalue weighted by atomic mass is 16.5. The number of hydrogen-bond donors (Lipinski definition) is 2. The van der Waals surface area contributed by atoms with Gasteiger partial charge >= 0.3 is 0 Å². The fourth-order valence-corrected chi connectivity index (χ4v) is 2.11. The number of para-hydroxylation sites is 1. The highest BCUT2D eigenvalue weighted by Gasteiger charge is 2.11. The lowest BCUT2D eigenvalue weighted by atomic mass is 10.2. The summed E-state index contributed by atoms with van der Waals surface area (Å²) in [6.07, 6.45) is 0.174. The van der Waals surface area contributed by atoms with Gasteiger partial charge in [-0.25, -0.2) is 0 Å². The normalized spacial score (nSPS) is 9.92. The highest BCUT2D eigenvalue weighted by Crippen LogP contribution is 2.17. The minimum atomic E-state index is -0.273. The molecule has 0 saturated carbocycles. The number of methoxy groups -OCH3 is 2. The van der Waals surface area contributed by atoms with Crippen LogP contribution in [0.4, 0.5) is 5.69 Å². The van der Waals surface area contributed by atoms with Crippen LogP contribution in [0.25, 0.3) is 0 Å². The smallest absolute Gasteiger partial charge is 0.255 e. The maximum absolute atomic E-state index is 12.1. The summed E-state index contributed by atoms with van der Waals surface area (Å²) in [5, 5.41) is 5.47. The van der Waals surface area contributed by atoms with Crippen LogP contribution < -0.4 is 20.1 Å². The molecule has 0 unspecified atom stereocenters. The molecule has 0 radical (unpaired) electrons. The summed E-state index contributed by atoms with van der Waals surface area (Å²) >= 11 is 0. The van der Waals surface area contributed by atoms with Gasteiger partial charge < -0.3 is 20.1 Å². The molecule has 0 atom stereocenters. The average molecular weight is 328 g/mol. The van der Waals surface area contributed by atoms with Crippen LogP contribution in [-0.4, -0.2) is 32.6 Å². The molecule has 0 fully saturated rings. The van der Waals surface area contributed by atoms with E-state index in [0.717, 1.165) is 5.75 Å². The van der Waals surface area contributed by atoms with Gasteiger partial charge in [0.15, 0.2) is 0 Å². The minimum absolute atomic E-state index is 0.174. The van der Waals surface area contributed by atoms with Gasteiger partial charge in [-0.1, -0.05) is 12.1 Å². The molecule has 2 N–H and O–H groups in total. The average Bonchev–Trinajstić information content (AvgIpc) is 2.62. The Labute approximate surface area is 140 Å². The standard InChI is InChI=1S/C18H20N2O4/c1-23-14-9-7-13(8-10-14)20-17(21)11-12-19-18(22)15-5-3-4-6-16(15)24-2/h3-10H,11-12H2,1-2H3,(H,19,22)(H,20,21). The van der Waals surface area contributed by atoms with Crippen molar-refractivity contribution >= 4 is 17.5 Å². The molecular formula is C18H20N2O4. The van der Waals surface area contributed by atoms with Crippen molar-refractivity contribution in [1.29, 1.82) is 0 Å². The van der Waals surface area contributed by atoms with Gasteiger partial charge in [-0.3, -0.25) is 9.59 Å². The first-order valence-electron chi connectivity index (χ1n) is 7.49. The van der Waals surface area contributed by atoms with E-state index in [0.29, 0.717) is 17.0 Å². The number of carbonyl (C=O) groups excluding carboxylic acids is 2. The van der Waals surface area contributed by atoms with Gasteiger partial charge in [0.1, 0.15) is 11.5 Å². The number of nitrogens with one attached hydrogen (secondary N) is 2. The molecule has 2 rings (SSSR count). The Bertz CT molecular complexity index is 698. The van der Waals surface area contributed by atoms with E-state index >= 15 is 0 Å². The number of ether oxygens (including phenoxy) is 2. The van der Waals surface area contributed by atoms with Crippen LogP contribution in [0.3, 0.4) is 0 Å². The largest absolute Gasteiger partial charge is 0.497 e. The summed E-state index contributed by atoms with van der Waals surface area (Å²) in [6, 6.07) is 14.0. The van der Waals surface area contributed by atoms with Crippen molar-refractivity contribution in [2.75, 3.05) is 26.1 Å². The van der Waals surface area contributed by atoms with Gasteiger partial charge in [-0.05, 0) is 36.4 Å². The minimum Gasteiger partial charge on any atom is -0.497 e. The Morgan fingerprint density at radius 1 is 0.958 bits per heavy atom. The van der Waals surface area contributed by atoms with Gasteiger partial charge in [-0.2, -0.15) is 0 Å². The van der Waals surface area contributed by atoms with Gasteiger partial charge in [0.2, 0.25) is 5.91 Å². The summed E-state index contributed by atoms with van der Waals surface area (Å²) in [5.41, 5.74) is 1.12. The zero-order valence-corrected chi connectivity index (χ0v) is 13.7. The molecule has 2 aromatic rings. The Hall–Kier alpha value is -3.02. The van der Waals surface area contributed by atoms with Crippen molar-refractivity contribution in [1.82, 2.24) is 5.32 Å². The fourth-order valence-electron chi connectivity index (χ4n) is 2.11. The van der Waals surface area contributed by atoms with Crippen LogP contribution in [-0.2, 0) is 4.79 Å². The van der Waals surface area contributed by atoms with Crippen molar-refractivity contribution in [3.63, 3.8) is 0 Å². The van der Waals surface area contributed by atoms with E-state index < -0.39 is 0 Å². The van der Waals surface area contributed by atoms with Crippen LogP contribution in [0.15, 0.2) is 48.5 Å². The van der Waals surface area contributed by atoms with E-state index in [4.69, 9.17) is 9.47 Å². The van der Waals surface area contributed by atoms with Crippen molar-refractivity contribution in [3.8, 4) is 11.5 Å². The van der Waals surface area contributed by atoms with E-state index in [-0.39, 0.29) is 24.8 Å². The monoisotopic (exact) mass is 328 g/mol. The lowest BCUT2D eigenvalue weighted by Crippen LogP contribution is -2.28. The molecular weight excluding hydrogens is 308 g/mol. The topological polar surface area (TPSA) is 76.7 Å². The summed E-state index contributed by atoms with van der Waals surface area (Å²) in [4.78, 5) is 24.0. The Morgan fingerprint density at radius 2 is 1.67 bits per heavy atom. The quantitative estimate of drug-likeness (QED) is 0.818. The van der Waals surface area contributed by atoms with Crippen LogP contribution in [0.1, 0.15) is 16.8 Å². The molecule has 0 saturated heterocycles. The van der Waals surface area contributed by atoms with E-state index in [9.17, 15) is 9.59 Å². The molecule has 126 valence electrons. The molecule has 0 aliphatic carbocycles. The molecule has 0 bridgehead atoms. The van der Waals surface area contributed by atoms with E-state index in [1.165, 1.54) is 7.11 Å². The summed E-state index contributed by atoms with van der Waals surface area (Å²) in [5.74, 6) is 0.764. The summed E-state index contributed by atoms with van der Waals surface area (Å²) in [7, 11) is 3.09. The summed E-state index contributed by atoms with van der Waals surface area (Å²) < 4.78 is 10.2. The van der Waals surface area contributed by atoms with E-state index in [1.54, 1.807) is 55.6 Å². The highest BCUT2D eigenvalue weighted by molar-refractivity contribution is 5.97. The van der Waals surface area contributed by atoms with E-state index in [2.05, 4.69) is 10.6 Å². The van der Waals surface area contributed by atoms with Gasteiger partial charge in [0.05, 0.1) is 19.8 Å².